The Morgan fingerprint density at radius 1 is 1.21 bits per heavy atom. The Morgan fingerprint density at radius 2 is 1.85 bits per heavy atom. The normalized spacial score (nSPS) is 13.9. The maximum absolute atomic E-state index is 13.7. The van der Waals surface area contributed by atoms with Crippen LogP contribution in [0.25, 0.3) is 0 Å². The Bertz CT molecular complexity index is 866. The van der Waals surface area contributed by atoms with E-state index in [0.29, 0.717) is 0 Å². The van der Waals surface area contributed by atoms with Gasteiger partial charge in [-0.15, -0.1) is 6.58 Å². The smallest absolute Gasteiger partial charge is 0.408 e. The summed E-state index contributed by atoms with van der Waals surface area (Å²) in [6.07, 6.45) is 2.59. The van der Waals surface area contributed by atoms with Crippen LogP contribution >= 0.6 is 12.6 Å². The highest BCUT2D eigenvalue weighted by molar-refractivity contribution is 7.80. The Kier molecular flexibility index (Phi) is 11.7. The molecule has 0 aliphatic carbocycles. The number of nitrogens with zero attached hydrogens (tertiary/aromatic N) is 1. The maximum Gasteiger partial charge on any atom is 0.408 e. The van der Waals surface area contributed by atoms with Gasteiger partial charge in [0.1, 0.15) is 17.7 Å². The molecule has 8 heteroatoms. The third-order valence-corrected chi connectivity index (χ3v) is 5.55. The molecule has 3 amide bonds. The van der Waals surface area contributed by atoms with Gasteiger partial charge in [-0.05, 0) is 59.1 Å². The van der Waals surface area contributed by atoms with Crippen LogP contribution in [0.2, 0.25) is 0 Å². The van der Waals surface area contributed by atoms with E-state index in [-0.39, 0.29) is 24.2 Å². The number of nitrogens with one attached hydrogen (secondary N) is 2. The molecule has 1 rings (SSSR count). The van der Waals surface area contributed by atoms with Crippen LogP contribution in [0.1, 0.15) is 70.2 Å². The van der Waals surface area contributed by atoms with Crippen LogP contribution in [0.5, 0.6) is 0 Å². The zero-order valence-electron chi connectivity index (χ0n) is 21.6. The lowest BCUT2D eigenvalue weighted by molar-refractivity contribution is -0.141. The number of rotatable bonds is 11. The molecule has 0 aliphatic rings. The van der Waals surface area contributed by atoms with Crippen LogP contribution in [0.15, 0.2) is 30.9 Å². The lowest BCUT2D eigenvalue weighted by atomic mass is 9.96. The molecule has 1 aromatic carbocycles. The zero-order chi connectivity index (χ0) is 26.1. The van der Waals surface area contributed by atoms with E-state index in [0.717, 1.165) is 29.5 Å². The van der Waals surface area contributed by atoms with Crippen molar-refractivity contribution in [2.24, 2.45) is 0 Å². The molecule has 0 aromatic heterocycles. The SMILES string of the molecule is C=CCN(C(=O)C(CS)NC(=O)OC(C)(C)C)C(C(=O)NC(C)CCC)c1cc(C)ccc1C. The van der Waals surface area contributed by atoms with Crippen molar-refractivity contribution < 1.29 is 19.1 Å². The minimum absolute atomic E-state index is 0.0408. The molecule has 7 nitrogen and oxygen atoms in total. The number of carbonyl (C=O) groups is 3. The summed E-state index contributed by atoms with van der Waals surface area (Å²) in [5.74, 6) is -0.677. The summed E-state index contributed by atoms with van der Waals surface area (Å²) in [5.41, 5.74) is 1.87. The van der Waals surface area contributed by atoms with Crippen molar-refractivity contribution in [2.45, 2.75) is 85.0 Å². The van der Waals surface area contributed by atoms with E-state index in [9.17, 15) is 14.4 Å². The van der Waals surface area contributed by atoms with Crippen LogP contribution in [0.3, 0.4) is 0 Å². The summed E-state index contributed by atoms with van der Waals surface area (Å²) < 4.78 is 5.31. The van der Waals surface area contributed by atoms with E-state index >= 15 is 0 Å². The highest BCUT2D eigenvalue weighted by Crippen LogP contribution is 2.27. The van der Waals surface area contributed by atoms with Gasteiger partial charge in [0.2, 0.25) is 11.8 Å². The summed E-state index contributed by atoms with van der Waals surface area (Å²) in [6.45, 7) is 17.0. The minimum atomic E-state index is -0.980. The van der Waals surface area contributed by atoms with E-state index in [1.165, 1.54) is 4.90 Å². The average Bonchev–Trinajstić information content (AvgIpc) is 2.72. The van der Waals surface area contributed by atoms with Gasteiger partial charge in [-0.25, -0.2) is 4.79 Å². The summed E-state index contributed by atoms with van der Waals surface area (Å²) in [7, 11) is 0. The Hall–Kier alpha value is -2.48. The fourth-order valence-corrected chi connectivity index (χ4v) is 3.88. The van der Waals surface area contributed by atoms with Gasteiger partial charge < -0.3 is 20.3 Å². The van der Waals surface area contributed by atoms with Gasteiger partial charge in [-0.1, -0.05) is 43.2 Å². The van der Waals surface area contributed by atoms with Gasteiger partial charge in [-0.2, -0.15) is 12.6 Å². The molecule has 0 bridgehead atoms. The predicted molar refractivity (Wildman–Crippen MR) is 140 cm³/mol. The van der Waals surface area contributed by atoms with Crippen molar-refractivity contribution in [2.75, 3.05) is 12.3 Å². The maximum atomic E-state index is 13.7. The third-order valence-electron chi connectivity index (χ3n) is 5.18. The molecule has 3 unspecified atom stereocenters. The molecular formula is C26H41N3O4S. The molecule has 0 aliphatic heterocycles. The topological polar surface area (TPSA) is 87.7 Å². The first-order valence-corrected chi connectivity index (χ1v) is 12.4. The van der Waals surface area contributed by atoms with E-state index in [1.54, 1.807) is 26.8 Å². The number of carbonyl (C=O) groups excluding carboxylic acids is 3. The molecule has 0 spiro atoms. The first-order chi connectivity index (χ1) is 15.8. The van der Waals surface area contributed by atoms with Gasteiger partial charge >= 0.3 is 6.09 Å². The largest absolute Gasteiger partial charge is 0.444 e. The van der Waals surface area contributed by atoms with E-state index < -0.39 is 29.7 Å². The molecule has 34 heavy (non-hydrogen) atoms. The van der Waals surface area contributed by atoms with Crippen LogP contribution in [0.4, 0.5) is 4.79 Å². The van der Waals surface area contributed by atoms with E-state index in [4.69, 9.17) is 4.74 Å². The molecular weight excluding hydrogens is 450 g/mol. The number of hydrogen-bond acceptors (Lipinski definition) is 5. The van der Waals surface area contributed by atoms with Crippen molar-refractivity contribution in [3.8, 4) is 0 Å². The van der Waals surface area contributed by atoms with Crippen molar-refractivity contribution in [3.05, 3.63) is 47.5 Å². The quantitative estimate of drug-likeness (QED) is 0.314. The third kappa shape index (κ3) is 9.05. The molecule has 3 atom stereocenters. The average molecular weight is 492 g/mol. The van der Waals surface area contributed by atoms with Crippen molar-refractivity contribution in [1.82, 2.24) is 15.5 Å². The van der Waals surface area contributed by atoms with Gasteiger partial charge in [0, 0.05) is 18.3 Å². The van der Waals surface area contributed by atoms with Crippen LogP contribution in [0, 0.1) is 13.8 Å². The van der Waals surface area contributed by atoms with E-state index in [2.05, 4.69) is 36.8 Å². The highest BCUT2D eigenvalue weighted by atomic mass is 32.1. The molecule has 1 aromatic rings. The fourth-order valence-electron chi connectivity index (χ4n) is 3.63. The Balaban J connectivity index is 3.42. The second kappa shape index (κ2) is 13.4. The van der Waals surface area contributed by atoms with Gasteiger partial charge in [0.15, 0.2) is 0 Å². The summed E-state index contributed by atoms with van der Waals surface area (Å²) in [6, 6.07) is 3.90. The van der Waals surface area contributed by atoms with Crippen molar-refractivity contribution >= 4 is 30.5 Å². The number of thiol groups is 1. The van der Waals surface area contributed by atoms with Crippen LogP contribution < -0.4 is 10.6 Å². The lowest BCUT2D eigenvalue weighted by Crippen LogP contribution is -2.54. The summed E-state index contributed by atoms with van der Waals surface area (Å²) >= 11 is 4.29. The molecule has 0 heterocycles. The molecule has 0 radical (unpaired) electrons. The number of alkyl carbamates (subject to hydrolysis) is 1. The van der Waals surface area contributed by atoms with Gasteiger partial charge in [0.05, 0.1) is 0 Å². The first-order valence-electron chi connectivity index (χ1n) is 11.7. The summed E-state index contributed by atoms with van der Waals surface area (Å²) in [4.78, 5) is 41.0. The Labute approximate surface area is 210 Å². The van der Waals surface area contributed by atoms with Gasteiger partial charge in [-0.3, -0.25) is 9.59 Å². The number of aryl methyl sites for hydroxylation is 2. The highest BCUT2D eigenvalue weighted by Gasteiger charge is 2.36. The Morgan fingerprint density at radius 3 is 2.38 bits per heavy atom. The zero-order valence-corrected chi connectivity index (χ0v) is 22.5. The fraction of sp³-hybridized carbons (Fsp3) is 0.577. The predicted octanol–water partition coefficient (Wildman–Crippen LogP) is 4.49. The number of benzene rings is 1. The molecule has 190 valence electrons. The van der Waals surface area contributed by atoms with Crippen LogP contribution in [-0.2, 0) is 14.3 Å². The van der Waals surface area contributed by atoms with Crippen LogP contribution in [-0.4, -0.2) is 52.8 Å². The molecule has 0 fully saturated rings. The number of hydrogen-bond donors (Lipinski definition) is 3. The molecule has 0 saturated heterocycles. The second-order valence-electron chi connectivity index (χ2n) is 9.62. The standard InChI is InChI=1S/C26H41N3O4S/c1-9-11-19(5)27-23(30)22(20-15-17(3)12-13-18(20)4)29(14-10-2)24(31)21(16-34)28-25(32)33-26(6,7)8/h10,12-13,15,19,21-22,34H,2,9,11,14,16H2,1,3-8H3,(H,27,30)(H,28,32). The lowest BCUT2D eigenvalue weighted by Gasteiger charge is -2.35. The van der Waals surface area contributed by atoms with Crippen molar-refractivity contribution in [3.63, 3.8) is 0 Å². The monoisotopic (exact) mass is 491 g/mol. The second-order valence-corrected chi connectivity index (χ2v) is 9.99. The molecule has 2 N–H and O–H groups in total. The summed E-state index contributed by atoms with van der Waals surface area (Å²) in [5, 5.41) is 5.65. The van der Waals surface area contributed by atoms with Gasteiger partial charge in [0.25, 0.3) is 0 Å². The van der Waals surface area contributed by atoms with Crippen molar-refractivity contribution in [1.29, 1.82) is 0 Å². The first kappa shape index (κ1) is 29.6. The van der Waals surface area contributed by atoms with E-state index in [1.807, 2.05) is 39.0 Å². The number of ether oxygens (including phenoxy) is 1. The minimum Gasteiger partial charge on any atom is -0.444 e. The number of amides is 3. The molecule has 0 saturated carbocycles.